The molecule has 0 saturated carbocycles. The fourth-order valence-electron chi connectivity index (χ4n) is 3.86. The van der Waals surface area contributed by atoms with Crippen molar-refractivity contribution in [2.24, 2.45) is 5.92 Å². The molecule has 1 fully saturated rings. The van der Waals surface area contributed by atoms with Gasteiger partial charge in [-0.1, -0.05) is 26.0 Å². The van der Waals surface area contributed by atoms with Crippen LogP contribution in [0.15, 0.2) is 42.5 Å². The molecule has 2 aromatic carbocycles. The number of nitrogens with zero attached hydrogens (tertiary/aromatic N) is 1. The van der Waals surface area contributed by atoms with Gasteiger partial charge in [0.25, 0.3) is 5.91 Å². The van der Waals surface area contributed by atoms with E-state index in [-0.39, 0.29) is 17.7 Å². The van der Waals surface area contributed by atoms with E-state index in [2.05, 4.69) is 27.7 Å². The summed E-state index contributed by atoms with van der Waals surface area (Å²) < 4.78 is 5.56. The van der Waals surface area contributed by atoms with E-state index >= 15 is 0 Å². The van der Waals surface area contributed by atoms with E-state index in [0.717, 1.165) is 24.3 Å². The molecule has 0 unspecified atom stereocenters. The summed E-state index contributed by atoms with van der Waals surface area (Å²) in [5.41, 5.74) is 3.39. The van der Waals surface area contributed by atoms with E-state index in [0.29, 0.717) is 17.9 Å². The van der Waals surface area contributed by atoms with Crippen LogP contribution < -0.4 is 20.3 Å². The first kappa shape index (κ1) is 22.7. The van der Waals surface area contributed by atoms with Crippen molar-refractivity contribution in [1.82, 2.24) is 5.32 Å². The van der Waals surface area contributed by atoms with Gasteiger partial charge in [0.05, 0.1) is 12.2 Å². The Morgan fingerprint density at radius 2 is 1.81 bits per heavy atom. The van der Waals surface area contributed by atoms with Gasteiger partial charge in [0, 0.05) is 24.5 Å². The molecule has 6 heteroatoms. The number of carbonyl (C=O) groups excluding carboxylic acids is 2. The number of para-hydroxylation sites is 1. The minimum absolute atomic E-state index is 0.0765. The maximum absolute atomic E-state index is 13.1. The van der Waals surface area contributed by atoms with E-state index in [1.54, 1.807) is 18.2 Å². The fourth-order valence-corrected chi connectivity index (χ4v) is 3.86. The Balaban J connectivity index is 1.71. The highest BCUT2D eigenvalue weighted by atomic mass is 16.5. The largest absolute Gasteiger partial charge is 0.493 e. The molecule has 166 valence electrons. The van der Waals surface area contributed by atoms with Crippen molar-refractivity contribution in [3.05, 3.63) is 53.6 Å². The van der Waals surface area contributed by atoms with Crippen molar-refractivity contribution >= 4 is 23.2 Å². The molecular weight excluding hydrogens is 390 g/mol. The van der Waals surface area contributed by atoms with E-state index in [1.807, 2.05) is 39.8 Å². The van der Waals surface area contributed by atoms with Crippen molar-refractivity contribution in [3.8, 4) is 5.75 Å². The van der Waals surface area contributed by atoms with Gasteiger partial charge in [-0.05, 0) is 68.5 Å². The van der Waals surface area contributed by atoms with Crippen LogP contribution in [0.1, 0.15) is 49.5 Å². The molecule has 1 aliphatic heterocycles. The Morgan fingerprint density at radius 3 is 2.45 bits per heavy atom. The Kier molecular flexibility index (Phi) is 7.55. The first-order valence-corrected chi connectivity index (χ1v) is 11.1. The van der Waals surface area contributed by atoms with Gasteiger partial charge in [-0.25, -0.2) is 0 Å². The quantitative estimate of drug-likeness (QED) is 0.661. The fraction of sp³-hybridized carbons (Fsp3) is 0.440. The van der Waals surface area contributed by atoms with Crippen LogP contribution in [0, 0.1) is 12.8 Å². The lowest BCUT2D eigenvalue weighted by molar-refractivity contribution is -0.118. The molecule has 0 radical (unpaired) electrons. The lowest BCUT2D eigenvalue weighted by Gasteiger charge is -2.23. The number of benzene rings is 2. The summed E-state index contributed by atoms with van der Waals surface area (Å²) in [5, 5.41) is 5.89. The molecule has 1 aliphatic rings. The predicted octanol–water partition coefficient (Wildman–Crippen LogP) is 4.39. The summed E-state index contributed by atoms with van der Waals surface area (Å²) in [5.74, 6) is -0.112. The average Bonchev–Trinajstić information content (AvgIpc) is 3.28. The summed E-state index contributed by atoms with van der Waals surface area (Å²) >= 11 is 0. The summed E-state index contributed by atoms with van der Waals surface area (Å²) in [7, 11) is 0. The Hall–Kier alpha value is -3.02. The standard InChI is InChI=1S/C25H33N3O3/c1-5-31-22-11-7-6-10-20(22)24(29)27-23(17(2)3)25(30)26-21-13-12-19(16-18(21)4)28-14-8-9-15-28/h6-7,10-13,16-17,23H,5,8-9,14-15H2,1-4H3,(H,26,30)(H,27,29)/t23-/m0/s1. The van der Waals surface area contributed by atoms with Crippen LogP contribution in [0.5, 0.6) is 5.75 Å². The van der Waals surface area contributed by atoms with Crippen molar-refractivity contribution < 1.29 is 14.3 Å². The van der Waals surface area contributed by atoms with Crippen molar-refractivity contribution in [2.45, 2.75) is 46.6 Å². The molecule has 0 aromatic heterocycles. The van der Waals surface area contributed by atoms with Crippen molar-refractivity contribution in [1.29, 1.82) is 0 Å². The third-order valence-corrected chi connectivity index (χ3v) is 5.61. The zero-order valence-electron chi connectivity index (χ0n) is 18.9. The van der Waals surface area contributed by atoms with E-state index in [4.69, 9.17) is 4.74 Å². The topological polar surface area (TPSA) is 70.7 Å². The molecule has 3 rings (SSSR count). The number of rotatable bonds is 8. The van der Waals surface area contributed by atoms with Gasteiger partial charge in [-0.15, -0.1) is 0 Å². The maximum atomic E-state index is 13.1. The van der Waals surface area contributed by atoms with Crippen LogP contribution in [0.3, 0.4) is 0 Å². The summed E-state index contributed by atoms with van der Waals surface area (Å²) in [6, 6.07) is 12.5. The monoisotopic (exact) mass is 423 g/mol. The molecule has 1 saturated heterocycles. The van der Waals surface area contributed by atoms with Gasteiger partial charge in [0.2, 0.25) is 5.91 Å². The number of hydrogen-bond acceptors (Lipinski definition) is 4. The van der Waals surface area contributed by atoms with Crippen LogP contribution in [-0.2, 0) is 4.79 Å². The second kappa shape index (κ2) is 10.3. The van der Waals surface area contributed by atoms with Crippen molar-refractivity contribution in [2.75, 3.05) is 29.9 Å². The summed E-state index contributed by atoms with van der Waals surface area (Å²) in [4.78, 5) is 28.3. The van der Waals surface area contributed by atoms with Gasteiger partial charge in [0.1, 0.15) is 11.8 Å². The zero-order valence-corrected chi connectivity index (χ0v) is 18.9. The van der Waals surface area contributed by atoms with Crippen LogP contribution in [-0.4, -0.2) is 37.6 Å². The highest BCUT2D eigenvalue weighted by Crippen LogP contribution is 2.26. The van der Waals surface area contributed by atoms with Gasteiger partial charge >= 0.3 is 0 Å². The molecule has 2 amide bonds. The van der Waals surface area contributed by atoms with Crippen LogP contribution in [0.25, 0.3) is 0 Å². The molecule has 31 heavy (non-hydrogen) atoms. The van der Waals surface area contributed by atoms with Crippen LogP contribution in [0.4, 0.5) is 11.4 Å². The Bertz CT molecular complexity index is 920. The second-order valence-corrected chi connectivity index (χ2v) is 8.31. The summed E-state index contributed by atoms with van der Waals surface area (Å²) in [6.45, 7) is 10.3. The molecule has 2 aromatic rings. The number of hydrogen-bond donors (Lipinski definition) is 2. The number of anilines is 2. The van der Waals surface area contributed by atoms with Crippen LogP contribution >= 0.6 is 0 Å². The SMILES string of the molecule is CCOc1ccccc1C(=O)N[C@H](C(=O)Nc1ccc(N2CCCC2)cc1C)C(C)C. The molecule has 1 atom stereocenters. The summed E-state index contributed by atoms with van der Waals surface area (Å²) in [6.07, 6.45) is 2.44. The van der Waals surface area contributed by atoms with E-state index in [1.165, 1.54) is 18.5 Å². The first-order chi connectivity index (χ1) is 14.9. The zero-order chi connectivity index (χ0) is 22.4. The smallest absolute Gasteiger partial charge is 0.255 e. The predicted molar refractivity (Wildman–Crippen MR) is 125 cm³/mol. The van der Waals surface area contributed by atoms with Crippen molar-refractivity contribution in [3.63, 3.8) is 0 Å². The molecular formula is C25H33N3O3. The van der Waals surface area contributed by atoms with Gasteiger partial charge in [-0.3, -0.25) is 9.59 Å². The number of amides is 2. The van der Waals surface area contributed by atoms with E-state index < -0.39 is 6.04 Å². The molecule has 6 nitrogen and oxygen atoms in total. The van der Waals surface area contributed by atoms with Crippen LogP contribution in [0.2, 0.25) is 0 Å². The minimum atomic E-state index is -0.667. The van der Waals surface area contributed by atoms with E-state index in [9.17, 15) is 9.59 Å². The Labute approximate surface area is 185 Å². The number of nitrogens with one attached hydrogen (secondary N) is 2. The molecule has 0 spiro atoms. The second-order valence-electron chi connectivity index (χ2n) is 8.31. The molecule has 0 aliphatic carbocycles. The minimum Gasteiger partial charge on any atom is -0.493 e. The lowest BCUT2D eigenvalue weighted by Crippen LogP contribution is -2.47. The number of aryl methyl sites for hydroxylation is 1. The average molecular weight is 424 g/mol. The number of carbonyl (C=O) groups is 2. The first-order valence-electron chi connectivity index (χ1n) is 11.1. The van der Waals surface area contributed by atoms with Gasteiger partial charge in [0.15, 0.2) is 0 Å². The maximum Gasteiger partial charge on any atom is 0.255 e. The molecule has 1 heterocycles. The molecule has 2 N–H and O–H groups in total. The highest BCUT2D eigenvalue weighted by Gasteiger charge is 2.26. The third kappa shape index (κ3) is 5.57. The third-order valence-electron chi connectivity index (χ3n) is 5.61. The number of ether oxygens (including phenoxy) is 1. The highest BCUT2D eigenvalue weighted by molar-refractivity contribution is 6.02. The van der Waals surface area contributed by atoms with Gasteiger partial charge in [-0.2, -0.15) is 0 Å². The Morgan fingerprint density at radius 1 is 1.10 bits per heavy atom. The normalized spacial score (nSPS) is 14.4. The van der Waals surface area contributed by atoms with Gasteiger partial charge < -0.3 is 20.3 Å². The lowest BCUT2D eigenvalue weighted by atomic mass is 10.0. The molecule has 0 bridgehead atoms.